The highest BCUT2D eigenvalue weighted by atomic mass is 32.2. The van der Waals surface area contributed by atoms with Crippen molar-refractivity contribution in [2.24, 2.45) is 5.73 Å². The molecule has 0 aliphatic carbocycles. The first kappa shape index (κ1) is 13.2. The van der Waals surface area contributed by atoms with Gasteiger partial charge in [-0.3, -0.25) is 4.79 Å². The van der Waals surface area contributed by atoms with Crippen molar-refractivity contribution < 1.29 is 4.79 Å². The summed E-state index contributed by atoms with van der Waals surface area (Å²) >= 11 is 1.65. The zero-order valence-corrected chi connectivity index (χ0v) is 11.2. The lowest BCUT2D eigenvalue weighted by Gasteiger charge is -2.09. The Morgan fingerprint density at radius 1 is 1.37 bits per heavy atom. The number of aromatic nitrogens is 1. The summed E-state index contributed by atoms with van der Waals surface area (Å²) in [5.41, 5.74) is 12.3. The number of primary amides is 1. The number of carbonyl (C=O) groups is 1. The van der Waals surface area contributed by atoms with Gasteiger partial charge < -0.3 is 16.8 Å². The summed E-state index contributed by atoms with van der Waals surface area (Å²) in [6, 6.07) is 9.42. The molecule has 1 aromatic carbocycles. The van der Waals surface area contributed by atoms with Gasteiger partial charge in [-0.15, -0.1) is 11.8 Å². The van der Waals surface area contributed by atoms with Crippen LogP contribution in [0, 0.1) is 0 Å². The van der Waals surface area contributed by atoms with E-state index in [2.05, 4.69) is 10.3 Å². The molecule has 5 N–H and O–H groups in total. The van der Waals surface area contributed by atoms with E-state index in [-0.39, 0.29) is 11.3 Å². The number of hydrogen-bond donors (Lipinski definition) is 3. The Labute approximate surface area is 115 Å². The Hall–Kier alpha value is -2.21. The first-order chi connectivity index (χ1) is 9.10. The van der Waals surface area contributed by atoms with Crippen LogP contribution in [0.4, 0.5) is 17.2 Å². The van der Waals surface area contributed by atoms with E-state index in [9.17, 15) is 4.79 Å². The van der Waals surface area contributed by atoms with Crippen molar-refractivity contribution in [2.45, 2.75) is 4.90 Å². The fraction of sp³-hybridized carbons (Fsp3) is 0.0769. The molecule has 0 bridgehead atoms. The third-order valence-corrected chi connectivity index (χ3v) is 3.27. The first-order valence-electron chi connectivity index (χ1n) is 5.56. The van der Waals surface area contributed by atoms with Gasteiger partial charge in [0.15, 0.2) is 0 Å². The number of nitrogens with two attached hydrogens (primary N) is 2. The fourth-order valence-corrected chi connectivity index (χ4v) is 2.06. The van der Waals surface area contributed by atoms with Crippen molar-refractivity contribution in [1.82, 2.24) is 4.98 Å². The number of anilines is 3. The fourth-order valence-electron chi connectivity index (χ4n) is 1.60. The van der Waals surface area contributed by atoms with E-state index in [0.717, 1.165) is 10.6 Å². The summed E-state index contributed by atoms with van der Waals surface area (Å²) in [4.78, 5) is 16.5. The first-order valence-corrected chi connectivity index (χ1v) is 6.79. The zero-order chi connectivity index (χ0) is 13.8. The summed E-state index contributed by atoms with van der Waals surface area (Å²) in [7, 11) is 0. The molecule has 1 aromatic heterocycles. The molecule has 6 heteroatoms. The number of nitrogen functional groups attached to an aromatic ring is 1. The monoisotopic (exact) mass is 274 g/mol. The second-order valence-corrected chi connectivity index (χ2v) is 4.76. The van der Waals surface area contributed by atoms with Crippen LogP contribution in [0.3, 0.4) is 0 Å². The number of nitrogens with one attached hydrogen (secondary N) is 1. The average Bonchev–Trinajstić information content (AvgIpc) is 2.41. The number of amides is 1. The van der Waals surface area contributed by atoms with Crippen LogP contribution < -0.4 is 16.8 Å². The van der Waals surface area contributed by atoms with E-state index in [0.29, 0.717) is 5.82 Å². The second-order valence-electron chi connectivity index (χ2n) is 3.88. The molecule has 5 nitrogen and oxygen atoms in total. The van der Waals surface area contributed by atoms with Gasteiger partial charge in [-0.2, -0.15) is 0 Å². The molecular weight excluding hydrogens is 260 g/mol. The van der Waals surface area contributed by atoms with Gasteiger partial charge in [0.25, 0.3) is 5.91 Å². The third kappa shape index (κ3) is 3.17. The van der Waals surface area contributed by atoms with Crippen LogP contribution in [-0.4, -0.2) is 17.1 Å². The van der Waals surface area contributed by atoms with Gasteiger partial charge in [0.1, 0.15) is 5.82 Å². The molecule has 98 valence electrons. The molecular formula is C13H14N4OS. The Morgan fingerprint density at radius 3 is 2.84 bits per heavy atom. The van der Waals surface area contributed by atoms with E-state index in [4.69, 9.17) is 11.5 Å². The highest BCUT2D eigenvalue weighted by Crippen LogP contribution is 2.22. The maximum Gasteiger partial charge on any atom is 0.250 e. The average molecular weight is 274 g/mol. The van der Waals surface area contributed by atoms with Gasteiger partial charge in [0.05, 0.1) is 17.4 Å². The molecule has 2 aromatic rings. The van der Waals surface area contributed by atoms with Crippen LogP contribution in [0.15, 0.2) is 41.4 Å². The standard InChI is InChI=1S/C13H14N4OS/c1-19-9-4-2-3-8(5-9)17-12-6-10(13(15)18)11(14)7-16-12/h2-7H,14H2,1H3,(H2,15,18)(H,16,17). The van der Waals surface area contributed by atoms with E-state index < -0.39 is 5.91 Å². The van der Waals surface area contributed by atoms with Crippen molar-refractivity contribution in [1.29, 1.82) is 0 Å². The third-order valence-electron chi connectivity index (χ3n) is 2.54. The molecule has 0 unspecified atom stereocenters. The van der Waals surface area contributed by atoms with Gasteiger partial charge in [-0.1, -0.05) is 6.07 Å². The van der Waals surface area contributed by atoms with Gasteiger partial charge in [-0.25, -0.2) is 4.98 Å². The number of rotatable bonds is 4. The Kier molecular flexibility index (Phi) is 3.91. The van der Waals surface area contributed by atoms with Crippen molar-refractivity contribution in [3.05, 3.63) is 42.1 Å². The SMILES string of the molecule is CSc1cccc(Nc2cc(C(N)=O)c(N)cn2)c1. The minimum absolute atomic E-state index is 0.263. The minimum Gasteiger partial charge on any atom is -0.397 e. The Bertz CT molecular complexity index is 615. The number of benzene rings is 1. The van der Waals surface area contributed by atoms with Gasteiger partial charge in [0.2, 0.25) is 0 Å². The molecule has 0 aliphatic heterocycles. The lowest BCUT2D eigenvalue weighted by Crippen LogP contribution is -2.14. The summed E-state index contributed by atoms with van der Waals surface area (Å²) in [5.74, 6) is -0.0398. The van der Waals surface area contributed by atoms with Gasteiger partial charge in [-0.05, 0) is 30.5 Å². The maximum atomic E-state index is 11.2. The van der Waals surface area contributed by atoms with Crippen molar-refractivity contribution >= 4 is 34.9 Å². The lowest BCUT2D eigenvalue weighted by molar-refractivity contribution is 0.100. The highest BCUT2D eigenvalue weighted by Gasteiger charge is 2.08. The van der Waals surface area contributed by atoms with Crippen LogP contribution in [-0.2, 0) is 0 Å². The zero-order valence-electron chi connectivity index (χ0n) is 10.4. The Morgan fingerprint density at radius 2 is 2.16 bits per heavy atom. The molecule has 0 saturated carbocycles. The predicted octanol–water partition coefficient (Wildman–Crippen LogP) is 2.23. The number of nitrogens with zero attached hydrogens (tertiary/aromatic N) is 1. The molecule has 0 spiro atoms. The summed E-state index contributed by atoms with van der Waals surface area (Å²) in [6.45, 7) is 0. The molecule has 0 aliphatic rings. The quantitative estimate of drug-likeness (QED) is 0.743. The van der Waals surface area contributed by atoms with Crippen molar-refractivity contribution in [3.8, 4) is 0 Å². The van der Waals surface area contributed by atoms with Crippen LogP contribution in [0.1, 0.15) is 10.4 Å². The summed E-state index contributed by atoms with van der Waals surface area (Å²) < 4.78 is 0. The second kappa shape index (κ2) is 5.62. The summed E-state index contributed by atoms with van der Waals surface area (Å²) in [5, 5.41) is 3.11. The number of carbonyl (C=O) groups excluding carboxylic acids is 1. The van der Waals surface area contributed by atoms with Crippen LogP contribution >= 0.6 is 11.8 Å². The maximum absolute atomic E-state index is 11.2. The van der Waals surface area contributed by atoms with E-state index >= 15 is 0 Å². The molecule has 0 saturated heterocycles. The number of pyridine rings is 1. The Balaban J connectivity index is 2.28. The summed E-state index contributed by atoms with van der Waals surface area (Å²) in [6.07, 6.45) is 3.42. The normalized spacial score (nSPS) is 10.2. The van der Waals surface area contributed by atoms with Crippen LogP contribution in [0.5, 0.6) is 0 Å². The largest absolute Gasteiger partial charge is 0.397 e. The molecule has 0 fully saturated rings. The van der Waals surface area contributed by atoms with Crippen molar-refractivity contribution in [2.75, 3.05) is 17.3 Å². The highest BCUT2D eigenvalue weighted by molar-refractivity contribution is 7.98. The molecule has 0 atom stereocenters. The molecule has 0 radical (unpaired) electrons. The van der Waals surface area contributed by atoms with Crippen LogP contribution in [0.2, 0.25) is 0 Å². The smallest absolute Gasteiger partial charge is 0.250 e. The lowest BCUT2D eigenvalue weighted by atomic mass is 10.2. The van der Waals surface area contributed by atoms with Gasteiger partial charge in [0, 0.05) is 10.6 Å². The van der Waals surface area contributed by atoms with E-state index in [1.54, 1.807) is 17.8 Å². The number of hydrogen-bond acceptors (Lipinski definition) is 5. The molecule has 19 heavy (non-hydrogen) atoms. The van der Waals surface area contributed by atoms with Crippen molar-refractivity contribution in [3.63, 3.8) is 0 Å². The number of thioether (sulfide) groups is 1. The van der Waals surface area contributed by atoms with Crippen LogP contribution in [0.25, 0.3) is 0 Å². The van der Waals surface area contributed by atoms with Gasteiger partial charge >= 0.3 is 0 Å². The topological polar surface area (TPSA) is 94.0 Å². The molecule has 1 heterocycles. The van der Waals surface area contributed by atoms with E-state index in [1.807, 2.05) is 30.5 Å². The molecule has 2 rings (SSSR count). The molecule has 1 amide bonds. The van der Waals surface area contributed by atoms with E-state index in [1.165, 1.54) is 6.20 Å². The predicted molar refractivity (Wildman–Crippen MR) is 78.7 cm³/mol. The minimum atomic E-state index is -0.569.